The summed E-state index contributed by atoms with van der Waals surface area (Å²) in [5.74, 6) is -0.485. The third kappa shape index (κ3) is 3.87. The number of hydrogen-bond acceptors (Lipinski definition) is 5. The molecule has 1 aliphatic heterocycles. The van der Waals surface area contributed by atoms with Crippen molar-refractivity contribution >= 4 is 12.1 Å². The molecular weight excluding hydrogens is 238 g/mol. The Morgan fingerprint density at radius 3 is 2.67 bits per heavy atom. The SMILES string of the molecule is CCCCOC(=O)N1C[C@@H](O)C[C@@H]1C(=O)OCC. The molecular formula is C12H21NO5. The van der Waals surface area contributed by atoms with Crippen molar-refractivity contribution in [2.75, 3.05) is 19.8 Å². The second-order valence-electron chi connectivity index (χ2n) is 4.28. The molecule has 6 nitrogen and oxygen atoms in total. The molecule has 0 aromatic heterocycles. The molecule has 2 atom stereocenters. The molecule has 1 heterocycles. The van der Waals surface area contributed by atoms with Crippen LogP contribution >= 0.6 is 0 Å². The minimum Gasteiger partial charge on any atom is -0.464 e. The van der Waals surface area contributed by atoms with Gasteiger partial charge in [0.15, 0.2) is 0 Å². The minimum atomic E-state index is -0.728. The molecule has 0 unspecified atom stereocenters. The lowest BCUT2D eigenvalue weighted by Crippen LogP contribution is -2.42. The summed E-state index contributed by atoms with van der Waals surface area (Å²) in [6.45, 7) is 4.40. The van der Waals surface area contributed by atoms with Crippen LogP contribution in [-0.4, -0.2) is 54.0 Å². The first-order chi connectivity index (χ1) is 8.60. The van der Waals surface area contributed by atoms with Gasteiger partial charge in [-0.15, -0.1) is 0 Å². The molecule has 0 bridgehead atoms. The largest absolute Gasteiger partial charge is 0.464 e. The molecule has 0 saturated carbocycles. The minimum absolute atomic E-state index is 0.119. The normalized spacial score (nSPS) is 22.9. The van der Waals surface area contributed by atoms with Crippen molar-refractivity contribution in [3.8, 4) is 0 Å². The maximum Gasteiger partial charge on any atom is 0.410 e. The third-order valence-electron chi connectivity index (χ3n) is 2.80. The number of likely N-dealkylation sites (tertiary alicyclic amines) is 1. The Balaban J connectivity index is 2.55. The average Bonchev–Trinajstić information content (AvgIpc) is 2.72. The number of rotatable bonds is 5. The van der Waals surface area contributed by atoms with Gasteiger partial charge in [0.2, 0.25) is 0 Å². The topological polar surface area (TPSA) is 76.1 Å². The van der Waals surface area contributed by atoms with Crippen LogP contribution in [0.2, 0.25) is 0 Å². The van der Waals surface area contributed by atoms with Gasteiger partial charge in [-0.25, -0.2) is 9.59 Å². The van der Waals surface area contributed by atoms with Gasteiger partial charge >= 0.3 is 12.1 Å². The van der Waals surface area contributed by atoms with Gasteiger partial charge < -0.3 is 14.6 Å². The lowest BCUT2D eigenvalue weighted by atomic mass is 10.2. The number of carbonyl (C=O) groups is 2. The van der Waals surface area contributed by atoms with E-state index in [9.17, 15) is 14.7 Å². The van der Waals surface area contributed by atoms with Crippen LogP contribution in [-0.2, 0) is 14.3 Å². The van der Waals surface area contributed by atoms with Crippen LogP contribution in [0.25, 0.3) is 0 Å². The van der Waals surface area contributed by atoms with Crippen molar-refractivity contribution in [1.82, 2.24) is 4.90 Å². The lowest BCUT2D eigenvalue weighted by Gasteiger charge is -2.22. The smallest absolute Gasteiger partial charge is 0.410 e. The van der Waals surface area contributed by atoms with Crippen LogP contribution in [0.1, 0.15) is 33.1 Å². The van der Waals surface area contributed by atoms with Gasteiger partial charge in [-0.2, -0.15) is 0 Å². The van der Waals surface area contributed by atoms with Crippen molar-refractivity contribution in [3.05, 3.63) is 0 Å². The van der Waals surface area contributed by atoms with E-state index < -0.39 is 24.2 Å². The lowest BCUT2D eigenvalue weighted by molar-refractivity contribution is -0.148. The van der Waals surface area contributed by atoms with E-state index in [4.69, 9.17) is 9.47 Å². The van der Waals surface area contributed by atoms with Gasteiger partial charge in [0.1, 0.15) is 6.04 Å². The van der Waals surface area contributed by atoms with Crippen LogP contribution in [0, 0.1) is 0 Å². The van der Waals surface area contributed by atoms with Crippen molar-refractivity contribution in [2.45, 2.75) is 45.3 Å². The van der Waals surface area contributed by atoms with Gasteiger partial charge in [0, 0.05) is 6.42 Å². The van der Waals surface area contributed by atoms with E-state index in [1.807, 2.05) is 6.92 Å². The van der Waals surface area contributed by atoms with Gasteiger partial charge in [-0.05, 0) is 13.3 Å². The molecule has 0 spiro atoms. The van der Waals surface area contributed by atoms with Crippen molar-refractivity contribution < 1.29 is 24.2 Å². The van der Waals surface area contributed by atoms with Crippen LogP contribution in [0.4, 0.5) is 4.79 Å². The highest BCUT2D eigenvalue weighted by Crippen LogP contribution is 2.20. The first kappa shape index (κ1) is 14.8. The number of carbonyl (C=O) groups excluding carboxylic acids is 2. The Hall–Kier alpha value is -1.30. The summed E-state index contributed by atoms with van der Waals surface area (Å²) in [5.41, 5.74) is 0. The number of unbranched alkanes of at least 4 members (excludes halogenated alkanes) is 1. The summed E-state index contributed by atoms with van der Waals surface area (Å²) in [4.78, 5) is 24.7. The molecule has 1 N–H and O–H groups in total. The predicted molar refractivity (Wildman–Crippen MR) is 64.0 cm³/mol. The highest BCUT2D eigenvalue weighted by atomic mass is 16.6. The van der Waals surface area contributed by atoms with E-state index in [0.717, 1.165) is 12.8 Å². The number of amides is 1. The van der Waals surface area contributed by atoms with Gasteiger partial charge in [0.25, 0.3) is 0 Å². The molecule has 0 aliphatic carbocycles. The fourth-order valence-electron chi connectivity index (χ4n) is 1.86. The third-order valence-corrected chi connectivity index (χ3v) is 2.80. The summed E-state index contributed by atoms with van der Waals surface area (Å²) in [6, 6.07) is -0.728. The van der Waals surface area contributed by atoms with E-state index in [1.165, 1.54) is 4.90 Å². The van der Waals surface area contributed by atoms with E-state index in [2.05, 4.69) is 0 Å². The monoisotopic (exact) mass is 259 g/mol. The average molecular weight is 259 g/mol. The number of hydrogen-bond donors (Lipinski definition) is 1. The highest BCUT2D eigenvalue weighted by molar-refractivity contribution is 5.82. The number of β-amino-alcohol motifs (C(OH)–C–C–N with tert-alkyl or cyclic N) is 1. The molecule has 6 heteroatoms. The van der Waals surface area contributed by atoms with Crippen LogP contribution in [0.5, 0.6) is 0 Å². The van der Waals surface area contributed by atoms with Gasteiger partial charge in [-0.1, -0.05) is 13.3 Å². The van der Waals surface area contributed by atoms with E-state index in [0.29, 0.717) is 6.61 Å². The summed E-state index contributed by atoms with van der Waals surface area (Å²) in [6.07, 6.45) is 0.668. The van der Waals surface area contributed by atoms with Gasteiger partial charge in [-0.3, -0.25) is 4.90 Å². The van der Waals surface area contributed by atoms with Crippen LogP contribution in [0.15, 0.2) is 0 Å². The molecule has 0 radical (unpaired) electrons. The summed E-state index contributed by atoms with van der Waals surface area (Å²) >= 11 is 0. The standard InChI is InChI=1S/C12H21NO5/c1-3-5-6-18-12(16)13-8-9(14)7-10(13)11(15)17-4-2/h9-10,14H,3-8H2,1-2H3/t9-,10+/m0/s1. The molecule has 0 aromatic carbocycles. The zero-order chi connectivity index (χ0) is 13.5. The molecule has 1 saturated heterocycles. The fraction of sp³-hybridized carbons (Fsp3) is 0.833. The number of esters is 1. The van der Waals surface area contributed by atoms with Crippen molar-refractivity contribution in [2.24, 2.45) is 0 Å². The van der Waals surface area contributed by atoms with Crippen LogP contribution < -0.4 is 0 Å². The second-order valence-corrected chi connectivity index (χ2v) is 4.28. The van der Waals surface area contributed by atoms with E-state index >= 15 is 0 Å². The maximum atomic E-state index is 11.8. The molecule has 1 rings (SSSR count). The second kappa shape index (κ2) is 7.20. The molecule has 104 valence electrons. The first-order valence-electron chi connectivity index (χ1n) is 6.38. The number of aliphatic hydroxyl groups excluding tert-OH is 1. The summed E-state index contributed by atoms with van der Waals surface area (Å²) in [7, 11) is 0. The Bertz CT molecular complexity index is 294. The zero-order valence-corrected chi connectivity index (χ0v) is 10.9. The number of ether oxygens (including phenoxy) is 2. The predicted octanol–water partition coefficient (Wildman–Crippen LogP) is 0.921. The number of aliphatic hydroxyl groups is 1. The fourth-order valence-corrected chi connectivity index (χ4v) is 1.86. The molecule has 1 amide bonds. The zero-order valence-electron chi connectivity index (χ0n) is 10.9. The first-order valence-corrected chi connectivity index (χ1v) is 6.38. The Kier molecular flexibility index (Phi) is 5.91. The molecule has 1 fully saturated rings. The molecule has 1 aliphatic rings. The highest BCUT2D eigenvalue weighted by Gasteiger charge is 2.40. The Morgan fingerprint density at radius 1 is 1.33 bits per heavy atom. The summed E-state index contributed by atoms with van der Waals surface area (Å²) in [5, 5.41) is 9.55. The van der Waals surface area contributed by atoms with Crippen molar-refractivity contribution in [1.29, 1.82) is 0 Å². The Morgan fingerprint density at radius 2 is 2.06 bits per heavy atom. The maximum absolute atomic E-state index is 11.8. The van der Waals surface area contributed by atoms with Gasteiger partial charge in [0.05, 0.1) is 25.9 Å². The van der Waals surface area contributed by atoms with E-state index in [-0.39, 0.29) is 19.6 Å². The van der Waals surface area contributed by atoms with Crippen molar-refractivity contribution in [3.63, 3.8) is 0 Å². The quantitative estimate of drug-likeness (QED) is 0.587. The van der Waals surface area contributed by atoms with Crippen LogP contribution in [0.3, 0.4) is 0 Å². The molecule has 18 heavy (non-hydrogen) atoms. The molecule has 0 aromatic rings. The Labute approximate surface area is 107 Å². The van der Waals surface area contributed by atoms with E-state index in [1.54, 1.807) is 6.92 Å². The summed E-state index contributed by atoms with van der Waals surface area (Å²) < 4.78 is 9.92. The number of nitrogens with zero attached hydrogens (tertiary/aromatic N) is 1.